The lowest BCUT2D eigenvalue weighted by Gasteiger charge is -2.32. The van der Waals surface area contributed by atoms with Crippen molar-refractivity contribution in [2.45, 2.75) is 57.7 Å². The summed E-state index contributed by atoms with van der Waals surface area (Å²) in [7, 11) is 2.11. The zero-order valence-electron chi connectivity index (χ0n) is 19.6. The third-order valence-electron chi connectivity index (χ3n) is 6.61. The first-order chi connectivity index (χ1) is 16.0. The van der Waals surface area contributed by atoms with Crippen molar-refractivity contribution in [3.05, 3.63) is 30.9 Å². The fourth-order valence-electron chi connectivity index (χ4n) is 4.80. The minimum atomic E-state index is -0.252. The van der Waals surface area contributed by atoms with Crippen molar-refractivity contribution in [3.63, 3.8) is 0 Å². The lowest BCUT2D eigenvalue weighted by molar-refractivity contribution is -0.123. The van der Waals surface area contributed by atoms with Gasteiger partial charge in [0.05, 0.1) is 6.33 Å². The Labute approximate surface area is 194 Å². The number of likely N-dealkylation sites (N-methyl/N-ethyl adjacent to an activating group) is 1. The molecule has 2 aliphatic rings. The minimum absolute atomic E-state index is 0.0780. The molecule has 0 unspecified atom stereocenters. The molecule has 0 aromatic carbocycles. The van der Waals surface area contributed by atoms with Gasteiger partial charge >= 0.3 is 0 Å². The van der Waals surface area contributed by atoms with Gasteiger partial charge in [-0.25, -0.2) is 9.50 Å². The molecule has 0 bridgehead atoms. The number of nitrogens with zero attached hydrogens (tertiary/aromatic N) is 7. The molecule has 2 aliphatic heterocycles. The van der Waals surface area contributed by atoms with Crippen molar-refractivity contribution >= 4 is 29.0 Å². The molecule has 0 aliphatic carbocycles. The van der Waals surface area contributed by atoms with Crippen LogP contribution in [0.25, 0.3) is 5.52 Å². The Bertz CT molecular complexity index is 1120. The van der Waals surface area contributed by atoms with Crippen LogP contribution in [0.3, 0.4) is 0 Å². The van der Waals surface area contributed by atoms with Crippen LogP contribution in [0.2, 0.25) is 0 Å². The number of rotatable bonds is 6. The lowest BCUT2D eigenvalue weighted by Crippen LogP contribution is -2.52. The highest BCUT2D eigenvalue weighted by Crippen LogP contribution is 2.27. The maximum absolute atomic E-state index is 13.2. The second-order valence-electron chi connectivity index (χ2n) is 9.48. The van der Waals surface area contributed by atoms with Crippen molar-refractivity contribution in [3.8, 4) is 0 Å². The molecular formula is C23H33N9O. The number of nitrogens with one attached hydrogen (secondary N) is 2. The van der Waals surface area contributed by atoms with Crippen LogP contribution in [-0.2, 0) is 4.79 Å². The van der Waals surface area contributed by atoms with Gasteiger partial charge in [0.1, 0.15) is 17.4 Å². The quantitative estimate of drug-likeness (QED) is 0.594. The molecule has 10 nitrogen and oxygen atoms in total. The molecular weight excluding hydrogens is 418 g/mol. The fourth-order valence-corrected chi connectivity index (χ4v) is 4.80. The molecule has 3 aromatic rings. The first kappa shape index (κ1) is 21.7. The van der Waals surface area contributed by atoms with E-state index in [4.69, 9.17) is 10.1 Å². The summed E-state index contributed by atoms with van der Waals surface area (Å²) in [6, 6.07) is 4.20. The Balaban J connectivity index is 1.38. The average Bonchev–Trinajstić information content (AvgIpc) is 3.53. The highest BCUT2D eigenvalue weighted by molar-refractivity contribution is 5.86. The van der Waals surface area contributed by atoms with Crippen LogP contribution >= 0.6 is 0 Å². The molecule has 1 amide bonds. The third kappa shape index (κ3) is 4.52. The molecule has 3 aromatic heterocycles. The van der Waals surface area contributed by atoms with E-state index in [1.807, 2.05) is 44.8 Å². The van der Waals surface area contributed by atoms with Gasteiger partial charge in [-0.3, -0.25) is 4.79 Å². The van der Waals surface area contributed by atoms with Crippen molar-refractivity contribution < 1.29 is 4.79 Å². The molecule has 0 spiro atoms. The van der Waals surface area contributed by atoms with Crippen molar-refractivity contribution in [1.82, 2.24) is 34.4 Å². The number of likely N-dealkylation sites (tertiary alicyclic amines) is 1. The van der Waals surface area contributed by atoms with E-state index in [1.54, 1.807) is 0 Å². The minimum Gasteiger partial charge on any atom is -0.350 e. The third-order valence-corrected chi connectivity index (χ3v) is 6.61. The number of fused-ring (bicyclic) bond motifs is 1. The van der Waals surface area contributed by atoms with Crippen LogP contribution in [-0.4, -0.2) is 73.7 Å². The van der Waals surface area contributed by atoms with Crippen LogP contribution < -0.4 is 15.5 Å². The number of imidazole rings is 1. The Kier molecular flexibility index (Phi) is 5.92. The topological polar surface area (TPSA) is 95.6 Å². The maximum Gasteiger partial charge on any atom is 0.246 e. The normalized spacial score (nSPS) is 21.8. The predicted octanol–water partition coefficient (Wildman–Crippen LogP) is 2.43. The van der Waals surface area contributed by atoms with Gasteiger partial charge < -0.3 is 25.0 Å². The standard InChI is InChI=1S/C23H33N9O/c1-16(2)30-14-20(24-15-30)26-21-18-8-6-12-32(18)28-23(27-21)31-11-5-9-19(31)22(33)25-17-7-4-10-29(3)13-17/h6,8,12,14-17,19H,4-5,7,9-11,13H2,1-3H3,(H,25,33)(H,26,27,28)/t17-,19+/m1/s1. The van der Waals surface area contributed by atoms with Gasteiger partial charge in [-0.05, 0) is 65.3 Å². The first-order valence-corrected chi connectivity index (χ1v) is 11.9. The number of hydrogen-bond acceptors (Lipinski definition) is 7. The maximum atomic E-state index is 13.2. The smallest absolute Gasteiger partial charge is 0.246 e. The number of amides is 1. The molecule has 0 radical (unpaired) electrons. The number of hydrogen-bond donors (Lipinski definition) is 2. The molecule has 5 heterocycles. The highest BCUT2D eigenvalue weighted by atomic mass is 16.2. The molecule has 176 valence electrons. The Morgan fingerprint density at radius 1 is 1.21 bits per heavy atom. The zero-order chi connectivity index (χ0) is 22.9. The number of piperidine rings is 1. The molecule has 2 saturated heterocycles. The van der Waals surface area contributed by atoms with Crippen LogP contribution in [0.1, 0.15) is 45.6 Å². The molecule has 5 rings (SSSR count). The molecule has 2 atom stereocenters. The van der Waals surface area contributed by atoms with E-state index >= 15 is 0 Å². The highest BCUT2D eigenvalue weighted by Gasteiger charge is 2.34. The lowest BCUT2D eigenvalue weighted by atomic mass is 10.1. The summed E-state index contributed by atoms with van der Waals surface area (Å²) in [6.45, 7) is 6.99. The van der Waals surface area contributed by atoms with Crippen molar-refractivity contribution in [2.75, 3.05) is 36.9 Å². The van der Waals surface area contributed by atoms with Crippen molar-refractivity contribution in [2.24, 2.45) is 0 Å². The monoisotopic (exact) mass is 451 g/mol. The van der Waals surface area contributed by atoms with Gasteiger partial charge in [0, 0.05) is 37.6 Å². The van der Waals surface area contributed by atoms with Gasteiger partial charge in [0.15, 0.2) is 5.82 Å². The Hall–Kier alpha value is -3.14. The number of carbonyl (C=O) groups is 1. The zero-order valence-corrected chi connectivity index (χ0v) is 19.6. The Morgan fingerprint density at radius 2 is 2.06 bits per heavy atom. The van der Waals surface area contributed by atoms with E-state index in [2.05, 4.69) is 41.4 Å². The summed E-state index contributed by atoms with van der Waals surface area (Å²) in [5.41, 5.74) is 0.864. The second kappa shape index (κ2) is 9.01. The van der Waals surface area contributed by atoms with Crippen LogP contribution in [0.5, 0.6) is 0 Å². The molecule has 2 N–H and O–H groups in total. The molecule has 33 heavy (non-hydrogen) atoms. The SMILES string of the molecule is CC(C)n1cnc(Nc2nc(N3CCC[C@H]3C(=O)N[C@@H]3CCCN(C)C3)nn3cccc23)c1. The number of anilines is 3. The first-order valence-electron chi connectivity index (χ1n) is 11.9. The van der Waals surface area contributed by atoms with E-state index in [-0.39, 0.29) is 18.0 Å². The average molecular weight is 452 g/mol. The van der Waals surface area contributed by atoms with E-state index in [0.29, 0.717) is 17.8 Å². The van der Waals surface area contributed by atoms with E-state index in [9.17, 15) is 4.79 Å². The fraction of sp³-hybridized carbons (Fsp3) is 0.565. The van der Waals surface area contributed by atoms with E-state index < -0.39 is 0 Å². The summed E-state index contributed by atoms with van der Waals surface area (Å²) >= 11 is 0. The van der Waals surface area contributed by atoms with E-state index in [0.717, 1.165) is 56.7 Å². The second-order valence-corrected chi connectivity index (χ2v) is 9.48. The van der Waals surface area contributed by atoms with Crippen LogP contribution in [0, 0.1) is 0 Å². The predicted molar refractivity (Wildman–Crippen MR) is 128 cm³/mol. The molecule has 0 saturated carbocycles. The summed E-state index contributed by atoms with van der Waals surface area (Å²) in [5.74, 6) is 2.05. The van der Waals surface area contributed by atoms with Crippen LogP contribution in [0.15, 0.2) is 30.9 Å². The number of aromatic nitrogens is 5. The van der Waals surface area contributed by atoms with Crippen LogP contribution in [0.4, 0.5) is 17.6 Å². The van der Waals surface area contributed by atoms with Gasteiger partial charge in [0.25, 0.3) is 0 Å². The summed E-state index contributed by atoms with van der Waals surface area (Å²) in [4.78, 5) is 26.8. The van der Waals surface area contributed by atoms with E-state index in [1.165, 1.54) is 0 Å². The Morgan fingerprint density at radius 3 is 2.85 bits per heavy atom. The van der Waals surface area contributed by atoms with Gasteiger partial charge in [0.2, 0.25) is 11.9 Å². The summed E-state index contributed by atoms with van der Waals surface area (Å²) in [5, 5.41) is 11.4. The largest absolute Gasteiger partial charge is 0.350 e. The summed E-state index contributed by atoms with van der Waals surface area (Å²) in [6.07, 6.45) is 9.59. The van der Waals surface area contributed by atoms with Gasteiger partial charge in [-0.2, -0.15) is 4.98 Å². The number of carbonyl (C=O) groups excluding carboxylic acids is 1. The molecule has 2 fully saturated rings. The summed E-state index contributed by atoms with van der Waals surface area (Å²) < 4.78 is 3.86. The van der Waals surface area contributed by atoms with Crippen molar-refractivity contribution in [1.29, 1.82) is 0 Å². The van der Waals surface area contributed by atoms with Gasteiger partial charge in [-0.15, -0.1) is 5.10 Å². The molecule has 10 heteroatoms. The van der Waals surface area contributed by atoms with Gasteiger partial charge in [-0.1, -0.05) is 0 Å².